The molecule has 0 spiro atoms. The summed E-state index contributed by atoms with van der Waals surface area (Å²) in [6.45, 7) is 13.3. The quantitative estimate of drug-likeness (QED) is 0.390. The molecule has 2 amide bonds. The Bertz CT molecular complexity index is 1110. The van der Waals surface area contributed by atoms with E-state index in [-0.39, 0.29) is 42.3 Å². The van der Waals surface area contributed by atoms with Crippen molar-refractivity contribution in [2.24, 2.45) is 5.73 Å². The molecule has 234 valence electrons. The van der Waals surface area contributed by atoms with Gasteiger partial charge in [-0.3, -0.25) is 9.59 Å². The number of para-hydroxylation sites is 1. The molecule has 10 heteroatoms. The highest BCUT2D eigenvalue weighted by atomic mass is 19.1. The number of fused-ring (bicyclic) bond motifs is 1. The number of piperidine rings is 1. The molecule has 0 aliphatic carbocycles. The van der Waals surface area contributed by atoms with Crippen LogP contribution in [-0.4, -0.2) is 81.4 Å². The van der Waals surface area contributed by atoms with Gasteiger partial charge in [0.15, 0.2) is 5.60 Å². The van der Waals surface area contributed by atoms with Gasteiger partial charge in [0.1, 0.15) is 17.3 Å². The van der Waals surface area contributed by atoms with Crippen molar-refractivity contribution in [3.63, 3.8) is 0 Å². The van der Waals surface area contributed by atoms with Gasteiger partial charge in [-0.15, -0.1) is 0 Å². The van der Waals surface area contributed by atoms with Crippen LogP contribution in [0.4, 0.5) is 10.1 Å². The third-order valence-corrected chi connectivity index (χ3v) is 6.87. The zero-order valence-corrected chi connectivity index (χ0v) is 26.1. The monoisotopic (exact) mass is 588 g/mol. The smallest absolute Gasteiger partial charge is 0.270 e. The van der Waals surface area contributed by atoms with Crippen molar-refractivity contribution >= 4 is 17.5 Å². The maximum absolute atomic E-state index is 14.9. The second-order valence-corrected chi connectivity index (χ2v) is 10.3. The molecule has 2 aliphatic heterocycles. The number of hydrogen-bond acceptors (Lipinski definition) is 7. The highest BCUT2D eigenvalue weighted by Crippen LogP contribution is 2.39. The standard InChI is InChI=1S/C20H29FN4O3.C10H14O2.C2H6/c1-4-24(13-6-5-8-23-12-13)18(26)14-10-16-17(11-15(14)21)28-20(2,3)19(27)25(16)9-7-22;1-11-8-5-9-12-10-6-3-2-4-7-10;1-2/h10-11,13,23H,4-9,12,22H2,1-3H3;2-4,6-7H,5,8-9H2,1H3;1-2H3/t13-;;/m1../s1. The summed E-state index contributed by atoms with van der Waals surface area (Å²) in [7, 11) is 1.70. The van der Waals surface area contributed by atoms with Gasteiger partial charge in [-0.25, -0.2) is 4.39 Å². The van der Waals surface area contributed by atoms with E-state index >= 15 is 0 Å². The fourth-order valence-corrected chi connectivity index (χ4v) is 4.84. The number of methoxy groups -OCH3 is 1. The number of benzene rings is 2. The molecule has 0 bridgehead atoms. The van der Waals surface area contributed by atoms with Crippen LogP contribution < -0.4 is 25.4 Å². The van der Waals surface area contributed by atoms with Crippen LogP contribution >= 0.6 is 0 Å². The minimum Gasteiger partial charge on any atom is -0.494 e. The van der Waals surface area contributed by atoms with Crippen LogP contribution in [0.2, 0.25) is 0 Å². The van der Waals surface area contributed by atoms with Crippen LogP contribution in [0.15, 0.2) is 42.5 Å². The minimum atomic E-state index is -1.12. The molecule has 2 aliphatic rings. The summed E-state index contributed by atoms with van der Waals surface area (Å²) in [5, 5.41) is 3.28. The molecule has 42 heavy (non-hydrogen) atoms. The number of halogens is 1. The number of carbonyl (C=O) groups excluding carboxylic acids is 2. The van der Waals surface area contributed by atoms with Crippen LogP contribution in [0.3, 0.4) is 0 Å². The fourth-order valence-electron chi connectivity index (χ4n) is 4.84. The first-order valence-corrected chi connectivity index (χ1v) is 15.0. The Labute approximate surface area is 250 Å². The largest absolute Gasteiger partial charge is 0.494 e. The molecule has 0 aromatic heterocycles. The van der Waals surface area contributed by atoms with E-state index in [2.05, 4.69) is 5.32 Å². The molecule has 1 fully saturated rings. The molecule has 0 saturated carbocycles. The number of nitrogens with zero attached hydrogens (tertiary/aromatic N) is 2. The fraction of sp³-hybridized carbons (Fsp3) is 0.562. The number of carbonyl (C=O) groups is 2. The highest BCUT2D eigenvalue weighted by molar-refractivity contribution is 6.04. The summed E-state index contributed by atoms with van der Waals surface area (Å²) < 4.78 is 30.9. The van der Waals surface area contributed by atoms with Gasteiger partial charge < -0.3 is 35.1 Å². The molecule has 0 radical (unpaired) electrons. The number of nitrogens with one attached hydrogen (secondary N) is 1. The molecule has 2 heterocycles. The lowest BCUT2D eigenvalue weighted by Crippen LogP contribution is -2.54. The SMILES string of the molecule is CC.CCN(C(=O)c1cc2c(cc1F)OC(C)(C)C(=O)N2CCN)[C@@H]1CCCNC1.COCCCOc1ccccc1. The second kappa shape index (κ2) is 17.7. The first-order chi connectivity index (χ1) is 20.2. The van der Waals surface area contributed by atoms with E-state index in [9.17, 15) is 14.0 Å². The molecule has 4 rings (SSSR count). The van der Waals surface area contributed by atoms with Crippen molar-refractivity contribution in [3.05, 3.63) is 53.8 Å². The van der Waals surface area contributed by atoms with Crippen molar-refractivity contribution in [1.82, 2.24) is 10.2 Å². The van der Waals surface area contributed by atoms with Crippen LogP contribution in [0.5, 0.6) is 11.5 Å². The summed E-state index contributed by atoms with van der Waals surface area (Å²) in [4.78, 5) is 29.1. The Morgan fingerprint density at radius 3 is 2.52 bits per heavy atom. The second-order valence-electron chi connectivity index (χ2n) is 10.3. The lowest BCUT2D eigenvalue weighted by Gasteiger charge is -2.39. The average Bonchev–Trinajstić information content (AvgIpc) is 3.00. The lowest BCUT2D eigenvalue weighted by atomic mass is 10.0. The Hall–Kier alpha value is -3.21. The normalized spacial score (nSPS) is 17.0. The zero-order chi connectivity index (χ0) is 31.1. The Kier molecular flexibility index (Phi) is 14.7. The zero-order valence-electron chi connectivity index (χ0n) is 26.1. The van der Waals surface area contributed by atoms with Gasteiger partial charge in [-0.2, -0.15) is 0 Å². The summed E-state index contributed by atoms with van der Waals surface area (Å²) in [5.74, 6) is -0.118. The molecular weight excluding hydrogens is 539 g/mol. The molecule has 9 nitrogen and oxygen atoms in total. The summed E-state index contributed by atoms with van der Waals surface area (Å²) in [6, 6.07) is 12.5. The van der Waals surface area contributed by atoms with Crippen LogP contribution in [0, 0.1) is 5.82 Å². The Balaban J connectivity index is 0.000000368. The number of nitrogens with two attached hydrogens (primary N) is 1. The summed E-state index contributed by atoms with van der Waals surface area (Å²) in [5.41, 5.74) is 4.88. The average molecular weight is 589 g/mol. The van der Waals surface area contributed by atoms with Crippen LogP contribution in [0.1, 0.15) is 64.2 Å². The van der Waals surface area contributed by atoms with Gasteiger partial charge in [-0.05, 0) is 58.4 Å². The third-order valence-electron chi connectivity index (χ3n) is 6.87. The van der Waals surface area contributed by atoms with Crippen molar-refractivity contribution < 1.29 is 28.2 Å². The first-order valence-electron chi connectivity index (χ1n) is 15.0. The molecule has 3 N–H and O–H groups in total. The highest BCUT2D eigenvalue weighted by Gasteiger charge is 2.41. The Morgan fingerprint density at radius 2 is 1.93 bits per heavy atom. The predicted molar refractivity (Wildman–Crippen MR) is 165 cm³/mol. The number of ether oxygens (including phenoxy) is 3. The molecule has 1 atom stereocenters. The van der Waals surface area contributed by atoms with Gasteiger partial charge >= 0.3 is 0 Å². The molecule has 1 saturated heterocycles. The minimum absolute atomic E-state index is 0.0265. The van der Waals surface area contributed by atoms with Crippen LogP contribution in [0.25, 0.3) is 0 Å². The van der Waals surface area contributed by atoms with Gasteiger partial charge in [0.25, 0.3) is 11.8 Å². The van der Waals surface area contributed by atoms with Gasteiger partial charge in [0.05, 0.1) is 17.9 Å². The number of anilines is 1. The lowest BCUT2D eigenvalue weighted by molar-refractivity contribution is -0.132. The van der Waals surface area contributed by atoms with Gasteiger partial charge in [0.2, 0.25) is 0 Å². The van der Waals surface area contributed by atoms with Crippen molar-refractivity contribution in [2.75, 3.05) is 57.9 Å². The summed E-state index contributed by atoms with van der Waals surface area (Å²) in [6.07, 6.45) is 2.79. The van der Waals surface area contributed by atoms with Gasteiger partial charge in [-0.1, -0.05) is 32.0 Å². The van der Waals surface area contributed by atoms with Crippen molar-refractivity contribution in [3.8, 4) is 11.5 Å². The molecular formula is C32H49FN4O5. The maximum atomic E-state index is 14.9. The van der Waals surface area contributed by atoms with E-state index in [0.717, 1.165) is 44.8 Å². The topological polar surface area (TPSA) is 106 Å². The number of rotatable bonds is 10. The van der Waals surface area contributed by atoms with Crippen molar-refractivity contribution in [2.45, 2.75) is 65.5 Å². The van der Waals surface area contributed by atoms with Gasteiger partial charge in [0, 0.05) is 58.4 Å². The first kappa shape index (κ1) is 35.0. The number of hydrogen-bond donors (Lipinski definition) is 2. The van der Waals surface area contributed by atoms with E-state index in [0.29, 0.717) is 18.8 Å². The number of amides is 2. The van der Waals surface area contributed by atoms with E-state index in [4.69, 9.17) is 19.9 Å². The van der Waals surface area contributed by atoms with E-state index in [1.54, 1.807) is 25.9 Å². The molecule has 2 aromatic carbocycles. The third kappa shape index (κ3) is 9.40. The van der Waals surface area contributed by atoms with E-state index in [1.807, 2.05) is 51.1 Å². The Morgan fingerprint density at radius 1 is 1.21 bits per heavy atom. The maximum Gasteiger partial charge on any atom is 0.270 e. The molecule has 0 unspecified atom stereocenters. The summed E-state index contributed by atoms with van der Waals surface area (Å²) >= 11 is 0. The van der Waals surface area contributed by atoms with Crippen molar-refractivity contribution in [1.29, 1.82) is 0 Å². The van der Waals surface area contributed by atoms with E-state index < -0.39 is 11.4 Å². The van der Waals surface area contributed by atoms with Crippen LogP contribution in [-0.2, 0) is 9.53 Å². The predicted octanol–water partition coefficient (Wildman–Crippen LogP) is 4.63. The molecule has 2 aromatic rings. The number of likely N-dealkylation sites (N-methyl/N-ethyl adjacent to an activating group) is 1. The van der Waals surface area contributed by atoms with E-state index in [1.165, 1.54) is 17.0 Å².